The van der Waals surface area contributed by atoms with Crippen LogP contribution in [0.1, 0.15) is 32.4 Å². The molecular weight excluding hydrogens is 224 g/mol. The predicted octanol–water partition coefficient (Wildman–Crippen LogP) is 2.62. The fraction of sp³-hybridized carbons (Fsp3) is 0.636. The van der Waals surface area contributed by atoms with Crippen LogP contribution in [0.4, 0.5) is 5.13 Å². The summed E-state index contributed by atoms with van der Waals surface area (Å²) in [4.78, 5) is 14.7. The molecule has 4 nitrogen and oxygen atoms in total. The van der Waals surface area contributed by atoms with Crippen molar-refractivity contribution in [1.82, 2.24) is 4.98 Å². The highest BCUT2D eigenvalue weighted by Crippen LogP contribution is 2.16. The maximum atomic E-state index is 10.5. The number of hydrogen-bond donors (Lipinski definition) is 2. The number of thiazole rings is 1. The molecule has 0 amide bonds. The van der Waals surface area contributed by atoms with Gasteiger partial charge < -0.3 is 10.4 Å². The van der Waals surface area contributed by atoms with Crippen LogP contribution < -0.4 is 5.32 Å². The van der Waals surface area contributed by atoms with Crippen LogP contribution in [0.15, 0.2) is 5.38 Å². The van der Waals surface area contributed by atoms with Gasteiger partial charge in [0.2, 0.25) is 0 Å². The van der Waals surface area contributed by atoms with Crippen LogP contribution in [0.25, 0.3) is 0 Å². The van der Waals surface area contributed by atoms with Gasteiger partial charge in [-0.15, -0.1) is 11.3 Å². The number of carbonyl (C=O) groups is 1. The van der Waals surface area contributed by atoms with Gasteiger partial charge in [0.15, 0.2) is 5.13 Å². The summed E-state index contributed by atoms with van der Waals surface area (Å²) in [5.41, 5.74) is 0.629. The Kier molecular flexibility index (Phi) is 5.25. The number of nitrogens with one attached hydrogen (secondary N) is 1. The molecule has 90 valence electrons. The lowest BCUT2D eigenvalue weighted by Gasteiger charge is -2.04. The van der Waals surface area contributed by atoms with Gasteiger partial charge in [-0.1, -0.05) is 13.8 Å². The largest absolute Gasteiger partial charge is 0.481 e. The summed E-state index contributed by atoms with van der Waals surface area (Å²) in [5.74, 6) is -0.114. The van der Waals surface area contributed by atoms with Gasteiger partial charge in [0, 0.05) is 11.9 Å². The maximum Gasteiger partial charge on any atom is 0.309 e. The van der Waals surface area contributed by atoms with Gasteiger partial charge in [0.25, 0.3) is 0 Å². The molecule has 0 spiro atoms. The molecule has 1 rings (SSSR count). The molecule has 0 saturated heterocycles. The number of hydrogen-bond acceptors (Lipinski definition) is 4. The lowest BCUT2D eigenvalue weighted by atomic mass is 10.1. The molecule has 0 fully saturated rings. The second-order valence-electron chi connectivity index (χ2n) is 4.18. The Morgan fingerprint density at radius 2 is 2.38 bits per heavy atom. The highest BCUT2D eigenvalue weighted by atomic mass is 32.1. The Bertz CT molecular complexity index is 336. The zero-order valence-corrected chi connectivity index (χ0v) is 10.5. The van der Waals surface area contributed by atoms with Crippen LogP contribution >= 0.6 is 11.3 Å². The Hall–Kier alpha value is -1.10. The highest BCUT2D eigenvalue weighted by molar-refractivity contribution is 7.13. The lowest BCUT2D eigenvalue weighted by molar-refractivity contribution is -0.136. The minimum atomic E-state index is -0.836. The summed E-state index contributed by atoms with van der Waals surface area (Å²) in [7, 11) is 0. The van der Waals surface area contributed by atoms with Gasteiger partial charge >= 0.3 is 5.97 Å². The van der Waals surface area contributed by atoms with Gasteiger partial charge in [-0.05, 0) is 18.8 Å². The van der Waals surface area contributed by atoms with Crippen molar-refractivity contribution in [2.24, 2.45) is 5.92 Å². The Labute approximate surface area is 99.7 Å². The number of aromatic nitrogens is 1. The van der Waals surface area contributed by atoms with Crippen LogP contribution in [0.5, 0.6) is 0 Å². The van der Waals surface area contributed by atoms with Crippen LogP contribution in [0.3, 0.4) is 0 Å². The summed E-state index contributed by atoms with van der Waals surface area (Å²) in [6.45, 7) is 5.31. The molecule has 0 aromatic carbocycles. The normalized spacial score (nSPS) is 10.7. The molecule has 1 heterocycles. The first-order valence-electron chi connectivity index (χ1n) is 5.48. The van der Waals surface area contributed by atoms with E-state index in [0.29, 0.717) is 5.69 Å². The Morgan fingerprint density at radius 1 is 1.62 bits per heavy atom. The van der Waals surface area contributed by atoms with Gasteiger partial charge in [-0.25, -0.2) is 4.98 Å². The standard InChI is InChI=1S/C11H18N2O2S/c1-8(2)4-3-5-12-11-13-9(7-16-11)6-10(14)15/h7-8H,3-6H2,1-2H3,(H,12,13)(H,14,15). The van der Waals surface area contributed by atoms with Gasteiger partial charge in [-0.3, -0.25) is 4.79 Å². The first-order valence-corrected chi connectivity index (χ1v) is 6.36. The molecule has 16 heavy (non-hydrogen) atoms. The van der Waals surface area contributed by atoms with Crippen LogP contribution in [-0.4, -0.2) is 22.6 Å². The quantitative estimate of drug-likeness (QED) is 0.721. The van der Waals surface area contributed by atoms with E-state index in [4.69, 9.17) is 5.11 Å². The predicted molar refractivity (Wildman–Crippen MR) is 66.0 cm³/mol. The number of rotatable bonds is 7. The van der Waals surface area contributed by atoms with Gasteiger partial charge in [0.1, 0.15) is 0 Å². The van der Waals surface area contributed by atoms with E-state index in [0.717, 1.165) is 24.0 Å². The molecule has 0 bridgehead atoms. The van der Waals surface area contributed by atoms with E-state index in [1.807, 2.05) is 0 Å². The second kappa shape index (κ2) is 6.48. The monoisotopic (exact) mass is 242 g/mol. The van der Waals surface area contributed by atoms with Crippen LogP contribution in [0.2, 0.25) is 0 Å². The van der Waals surface area contributed by atoms with Crippen LogP contribution in [0, 0.1) is 5.92 Å². The molecule has 0 aliphatic rings. The first kappa shape index (κ1) is 13.0. The highest BCUT2D eigenvalue weighted by Gasteiger charge is 2.05. The average molecular weight is 242 g/mol. The summed E-state index contributed by atoms with van der Waals surface area (Å²) in [5, 5.41) is 14.4. The third-order valence-electron chi connectivity index (χ3n) is 2.12. The topological polar surface area (TPSA) is 62.2 Å². The van der Waals surface area contributed by atoms with E-state index in [1.54, 1.807) is 5.38 Å². The Morgan fingerprint density at radius 3 is 3.00 bits per heavy atom. The van der Waals surface area contributed by atoms with E-state index in [2.05, 4.69) is 24.1 Å². The van der Waals surface area contributed by atoms with E-state index in [1.165, 1.54) is 17.8 Å². The van der Waals surface area contributed by atoms with Gasteiger partial charge in [0.05, 0.1) is 12.1 Å². The number of carboxylic acid groups (broad SMARTS) is 1. The first-order chi connectivity index (χ1) is 7.58. The average Bonchev–Trinajstić information content (AvgIpc) is 2.59. The van der Waals surface area contributed by atoms with Crippen molar-refractivity contribution in [3.63, 3.8) is 0 Å². The smallest absolute Gasteiger partial charge is 0.309 e. The fourth-order valence-corrected chi connectivity index (χ4v) is 2.07. The molecule has 0 aliphatic carbocycles. The molecule has 0 atom stereocenters. The van der Waals surface area contributed by atoms with Gasteiger partial charge in [-0.2, -0.15) is 0 Å². The molecule has 0 radical (unpaired) electrons. The lowest BCUT2D eigenvalue weighted by Crippen LogP contribution is -2.04. The summed E-state index contributed by atoms with van der Waals surface area (Å²) in [6.07, 6.45) is 2.32. The number of carboxylic acids is 1. The molecule has 0 aliphatic heterocycles. The van der Waals surface area contributed by atoms with Crippen molar-refractivity contribution >= 4 is 22.4 Å². The van der Waals surface area contributed by atoms with Crippen molar-refractivity contribution < 1.29 is 9.90 Å². The van der Waals surface area contributed by atoms with E-state index >= 15 is 0 Å². The minimum Gasteiger partial charge on any atom is -0.481 e. The minimum absolute atomic E-state index is 0.00414. The number of aliphatic carboxylic acids is 1. The van der Waals surface area contributed by atoms with Crippen LogP contribution in [-0.2, 0) is 11.2 Å². The third kappa shape index (κ3) is 5.11. The van der Waals surface area contributed by atoms with Crippen molar-refractivity contribution in [3.8, 4) is 0 Å². The van der Waals surface area contributed by atoms with E-state index < -0.39 is 5.97 Å². The van der Waals surface area contributed by atoms with Crippen molar-refractivity contribution in [3.05, 3.63) is 11.1 Å². The zero-order chi connectivity index (χ0) is 12.0. The second-order valence-corrected chi connectivity index (χ2v) is 5.04. The van der Waals surface area contributed by atoms with E-state index in [9.17, 15) is 4.79 Å². The molecular formula is C11H18N2O2S. The number of anilines is 1. The summed E-state index contributed by atoms with van der Waals surface area (Å²) in [6, 6.07) is 0. The van der Waals surface area contributed by atoms with Crippen molar-refractivity contribution in [1.29, 1.82) is 0 Å². The van der Waals surface area contributed by atoms with Crippen molar-refractivity contribution in [2.45, 2.75) is 33.1 Å². The summed E-state index contributed by atoms with van der Waals surface area (Å²) < 4.78 is 0. The molecule has 2 N–H and O–H groups in total. The fourth-order valence-electron chi connectivity index (χ4n) is 1.33. The molecule has 1 aromatic rings. The summed E-state index contributed by atoms with van der Waals surface area (Å²) >= 11 is 1.46. The third-order valence-corrected chi connectivity index (χ3v) is 2.97. The Balaban J connectivity index is 2.26. The molecule has 0 unspecified atom stereocenters. The number of nitrogens with zero attached hydrogens (tertiary/aromatic N) is 1. The molecule has 1 aromatic heterocycles. The van der Waals surface area contributed by atoms with Crippen molar-refractivity contribution in [2.75, 3.05) is 11.9 Å². The van der Waals surface area contributed by atoms with E-state index in [-0.39, 0.29) is 6.42 Å². The maximum absolute atomic E-state index is 10.5. The molecule has 5 heteroatoms. The zero-order valence-electron chi connectivity index (χ0n) is 9.69. The SMILES string of the molecule is CC(C)CCCNc1nc(CC(=O)O)cs1. The molecule has 0 saturated carbocycles.